The van der Waals surface area contributed by atoms with Gasteiger partial charge in [0.25, 0.3) is 0 Å². The summed E-state index contributed by atoms with van der Waals surface area (Å²) >= 11 is 0. The molecule has 1 aromatic carbocycles. The molecule has 4 nitrogen and oxygen atoms in total. The molecule has 1 atom stereocenters. The number of hydrogen-bond acceptors (Lipinski definition) is 2. The van der Waals surface area contributed by atoms with Crippen molar-refractivity contribution in [1.29, 1.82) is 0 Å². The molecule has 1 amide bonds. The predicted octanol–water partition coefficient (Wildman–Crippen LogP) is 2.81. The van der Waals surface area contributed by atoms with Crippen LogP contribution in [-0.4, -0.2) is 17.1 Å². The van der Waals surface area contributed by atoms with Crippen LogP contribution in [0.15, 0.2) is 35.6 Å². The fourth-order valence-electron chi connectivity index (χ4n) is 3.35. The first-order chi connectivity index (χ1) is 9.78. The number of fused-ring (bicyclic) bond motifs is 1. The lowest BCUT2D eigenvalue weighted by atomic mass is 9.80. The van der Waals surface area contributed by atoms with Crippen molar-refractivity contribution in [2.75, 3.05) is 0 Å². The van der Waals surface area contributed by atoms with Crippen LogP contribution in [0.5, 0.6) is 0 Å². The first-order valence-electron chi connectivity index (χ1n) is 7.18. The van der Waals surface area contributed by atoms with E-state index < -0.39 is 0 Å². The van der Waals surface area contributed by atoms with Crippen LogP contribution in [0, 0.1) is 11.3 Å². The van der Waals surface area contributed by atoms with Crippen molar-refractivity contribution in [3.8, 4) is 0 Å². The van der Waals surface area contributed by atoms with Gasteiger partial charge in [-0.3, -0.25) is 4.79 Å². The van der Waals surface area contributed by atoms with Gasteiger partial charge >= 0.3 is 0 Å². The van der Waals surface area contributed by atoms with Crippen LogP contribution in [0.3, 0.4) is 0 Å². The lowest BCUT2D eigenvalue weighted by Gasteiger charge is -2.25. The molecule has 2 saturated carbocycles. The molecule has 2 fully saturated rings. The molecule has 0 radical (unpaired) electrons. The number of rotatable bonds is 3. The quantitative estimate of drug-likeness (QED) is 0.652. The molecule has 0 aliphatic heterocycles. The summed E-state index contributed by atoms with van der Waals surface area (Å²) in [5.74, 6) is 0.289. The molecule has 2 aliphatic carbocycles. The Kier molecular flexibility index (Phi) is 2.46. The van der Waals surface area contributed by atoms with Gasteiger partial charge in [-0.05, 0) is 30.7 Å². The number of hydrogen-bond donors (Lipinski definition) is 2. The van der Waals surface area contributed by atoms with Gasteiger partial charge in [0, 0.05) is 28.6 Å². The molecule has 0 bridgehead atoms. The van der Waals surface area contributed by atoms with E-state index >= 15 is 0 Å². The van der Waals surface area contributed by atoms with E-state index in [0.29, 0.717) is 5.41 Å². The first kappa shape index (κ1) is 11.7. The molecule has 2 aromatic rings. The summed E-state index contributed by atoms with van der Waals surface area (Å²) in [7, 11) is 0. The Morgan fingerprint density at radius 2 is 2.25 bits per heavy atom. The molecular weight excluding hydrogens is 250 g/mol. The number of amides is 1. The van der Waals surface area contributed by atoms with Crippen molar-refractivity contribution >= 4 is 23.0 Å². The second-order valence-electron chi connectivity index (χ2n) is 6.00. The number of aromatic amines is 1. The predicted molar refractivity (Wildman–Crippen MR) is 78.4 cm³/mol. The fraction of sp³-hybridized carbons (Fsp3) is 0.375. The molecule has 4 heteroatoms. The third-order valence-electron chi connectivity index (χ3n) is 4.86. The summed E-state index contributed by atoms with van der Waals surface area (Å²) in [5.41, 5.74) is 5.12. The Morgan fingerprint density at radius 3 is 3.00 bits per heavy atom. The van der Waals surface area contributed by atoms with Gasteiger partial charge < -0.3 is 4.98 Å². The second kappa shape index (κ2) is 4.20. The van der Waals surface area contributed by atoms with E-state index in [0.717, 1.165) is 22.9 Å². The number of nitrogens with zero attached hydrogens (tertiary/aromatic N) is 1. The zero-order chi connectivity index (χ0) is 13.6. The molecule has 4 rings (SSSR count). The molecule has 0 unspecified atom stereocenters. The van der Waals surface area contributed by atoms with Crippen molar-refractivity contribution in [1.82, 2.24) is 10.4 Å². The maximum absolute atomic E-state index is 12.0. The summed E-state index contributed by atoms with van der Waals surface area (Å²) < 4.78 is 0. The summed E-state index contributed by atoms with van der Waals surface area (Å²) in [6, 6.07) is 8.05. The van der Waals surface area contributed by atoms with Gasteiger partial charge in [0.2, 0.25) is 5.91 Å². The standard InChI is InChI=1S/C16H17N3O/c20-15(13-8-16(13)6-3-7-16)19-18-10-11-9-17-14-5-2-1-4-12(11)14/h1-2,4-5,9-10,13,17H,3,6-8H2,(H,19,20)/b18-10-/t13-/m0/s1. The van der Waals surface area contributed by atoms with Gasteiger partial charge in [-0.1, -0.05) is 24.6 Å². The Labute approximate surface area is 117 Å². The topological polar surface area (TPSA) is 57.2 Å². The van der Waals surface area contributed by atoms with Crippen molar-refractivity contribution in [3.63, 3.8) is 0 Å². The largest absolute Gasteiger partial charge is 0.361 e. The molecule has 2 aliphatic rings. The van der Waals surface area contributed by atoms with Gasteiger partial charge in [-0.25, -0.2) is 5.43 Å². The van der Waals surface area contributed by atoms with E-state index in [9.17, 15) is 4.79 Å². The number of aromatic nitrogens is 1. The second-order valence-corrected chi connectivity index (χ2v) is 6.00. The molecule has 1 spiro atoms. The average molecular weight is 267 g/mol. The highest BCUT2D eigenvalue weighted by Gasteiger charge is 2.60. The molecule has 2 N–H and O–H groups in total. The number of carbonyl (C=O) groups excluding carboxylic acids is 1. The lowest BCUT2D eigenvalue weighted by Crippen LogP contribution is -2.26. The molecule has 1 aromatic heterocycles. The van der Waals surface area contributed by atoms with Crippen molar-refractivity contribution in [3.05, 3.63) is 36.0 Å². The van der Waals surface area contributed by atoms with Crippen molar-refractivity contribution < 1.29 is 4.79 Å². The van der Waals surface area contributed by atoms with E-state index in [1.165, 1.54) is 19.3 Å². The Bertz CT molecular complexity index is 697. The number of hydrazone groups is 1. The van der Waals surface area contributed by atoms with E-state index in [4.69, 9.17) is 0 Å². The number of H-pyrrole nitrogens is 1. The monoisotopic (exact) mass is 267 g/mol. The van der Waals surface area contributed by atoms with Crippen LogP contribution >= 0.6 is 0 Å². The first-order valence-corrected chi connectivity index (χ1v) is 7.18. The van der Waals surface area contributed by atoms with E-state index in [-0.39, 0.29) is 11.8 Å². The minimum absolute atomic E-state index is 0.0841. The summed E-state index contributed by atoms with van der Waals surface area (Å²) in [5, 5.41) is 5.22. The van der Waals surface area contributed by atoms with Crippen molar-refractivity contribution in [2.24, 2.45) is 16.4 Å². The molecule has 102 valence electrons. The zero-order valence-electron chi connectivity index (χ0n) is 11.2. The Balaban J connectivity index is 1.43. The van der Waals surface area contributed by atoms with Crippen LogP contribution in [0.4, 0.5) is 0 Å². The molecular formula is C16H17N3O. The van der Waals surface area contributed by atoms with E-state index in [1.54, 1.807) is 6.21 Å². The zero-order valence-corrected chi connectivity index (χ0v) is 11.2. The number of benzene rings is 1. The van der Waals surface area contributed by atoms with Crippen LogP contribution in [0.2, 0.25) is 0 Å². The minimum Gasteiger partial charge on any atom is -0.361 e. The SMILES string of the molecule is O=C(N/N=C\c1c[nH]c2ccccc12)[C@@H]1CC12CCC2. The average Bonchev–Trinajstić information content (AvgIpc) is 3.09. The van der Waals surface area contributed by atoms with Crippen LogP contribution in [-0.2, 0) is 4.79 Å². The van der Waals surface area contributed by atoms with Crippen molar-refractivity contribution in [2.45, 2.75) is 25.7 Å². The summed E-state index contributed by atoms with van der Waals surface area (Å²) in [4.78, 5) is 15.2. The normalized spacial score (nSPS) is 23.1. The van der Waals surface area contributed by atoms with Crippen LogP contribution < -0.4 is 5.43 Å². The number of para-hydroxylation sites is 1. The minimum atomic E-state index is 0.0841. The highest BCUT2D eigenvalue weighted by molar-refractivity contribution is 5.99. The maximum Gasteiger partial charge on any atom is 0.243 e. The van der Waals surface area contributed by atoms with E-state index in [2.05, 4.69) is 15.5 Å². The van der Waals surface area contributed by atoms with Gasteiger partial charge in [-0.2, -0.15) is 5.10 Å². The third kappa shape index (κ3) is 1.75. The smallest absolute Gasteiger partial charge is 0.243 e. The maximum atomic E-state index is 12.0. The fourth-order valence-corrected chi connectivity index (χ4v) is 3.35. The van der Waals surface area contributed by atoms with Gasteiger partial charge in [0.1, 0.15) is 0 Å². The molecule has 20 heavy (non-hydrogen) atoms. The molecule has 0 saturated heterocycles. The van der Waals surface area contributed by atoms with E-state index in [1.807, 2.05) is 30.5 Å². The summed E-state index contributed by atoms with van der Waals surface area (Å²) in [6.07, 6.45) is 8.40. The molecule has 1 heterocycles. The Morgan fingerprint density at radius 1 is 1.40 bits per heavy atom. The van der Waals surface area contributed by atoms with Gasteiger partial charge in [0.05, 0.1) is 6.21 Å². The van der Waals surface area contributed by atoms with Crippen LogP contribution in [0.1, 0.15) is 31.2 Å². The van der Waals surface area contributed by atoms with Gasteiger partial charge in [-0.15, -0.1) is 0 Å². The highest BCUT2D eigenvalue weighted by Crippen LogP contribution is 2.65. The summed E-state index contributed by atoms with van der Waals surface area (Å²) in [6.45, 7) is 0. The van der Waals surface area contributed by atoms with Gasteiger partial charge in [0.15, 0.2) is 0 Å². The number of nitrogens with one attached hydrogen (secondary N) is 2. The van der Waals surface area contributed by atoms with Crippen LogP contribution in [0.25, 0.3) is 10.9 Å². The lowest BCUT2D eigenvalue weighted by molar-refractivity contribution is -0.123. The Hall–Kier alpha value is -2.10. The third-order valence-corrected chi connectivity index (χ3v) is 4.86. The highest BCUT2D eigenvalue weighted by atomic mass is 16.2. The number of carbonyl (C=O) groups is 1.